The zero-order valence-electron chi connectivity index (χ0n) is 23.6. The number of aliphatic hydroxyl groups excluding tert-OH is 1. The van der Waals surface area contributed by atoms with Gasteiger partial charge in [0.05, 0.1) is 16.5 Å². The lowest BCUT2D eigenvalue weighted by Crippen LogP contribution is -2.49. The molecule has 0 aromatic heterocycles. The molecule has 210 valence electrons. The maximum Gasteiger partial charge on any atom is 0.201 e. The summed E-state index contributed by atoms with van der Waals surface area (Å²) < 4.78 is 0. The van der Waals surface area contributed by atoms with Gasteiger partial charge in [0.1, 0.15) is 17.1 Å². The van der Waals surface area contributed by atoms with Crippen molar-refractivity contribution < 1.29 is 9.90 Å². The molecule has 0 unspecified atom stereocenters. The normalized spacial score (nSPS) is 22.8. The third-order valence-electron chi connectivity index (χ3n) is 10.4. The van der Waals surface area contributed by atoms with E-state index in [1.165, 1.54) is 38.5 Å². The number of ketones is 1. The van der Waals surface area contributed by atoms with E-state index < -0.39 is 0 Å². The van der Waals surface area contributed by atoms with Crippen molar-refractivity contribution in [2.45, 2.75) is 75.5 Å². The first-order chi connectivity index (χ1) is 20.5. The molecule has 42 heavy (non-hydrogen) atoms. The van der Waals surface area contributed by atoms with Crippen LogP contribution in [0.25, 0.3) is 32.7 Å². The number of allylic oxidation sites excluding steroid dienone is 2. The van der Waals surface area contributed by atoms with Crippen molar-refractivity contribution >= 4 is 55.5 Å². The molecule has 0 bridgehead atoms. The van der Waals surface area contributed by atoms with E-state index in [1.807, 2.05) is 36.4 Å². The Morgan fingerprint density at radius 3 is 2.05 bits per heavy atom. The minimum absolute atomic E-state index is 0.0753. The molecule has 0 radical (unpaired) electrons. The summed E-state index contributed by atoms with van der Waals surface area (Å²) in [5, 5.41) is 28.7. The van der Waals surface area contributed by atoms with E-state index in [2.05, 4.69) is 40.2 Å². The lowest BCUT2D eigenvalue weighted by molar-refractivity contribution is -0.109. The second-order valence-electron chi connectivity index (χ2n) is 12.9. The van der Waals surface area contributed by atoms with Gasteiger partial charge in [-0.2, -0.15) is 0 Å². The molecule has 4 aromatic carbocycles. The summed E-state index contributed by atoms with van der Waals surface area (Å²) >= 11 is 0. The molecule has 0 saturated heterocycles. The predicted octanol–water partition coefficient (Wildman–Crippen LogP) is 6.90. The van der Waals surface area contributed by atoms with Crippen LogP contribution in [0.4, 0.5) is 17.1 Å². The van der Waals surface area contributed by atoms with Crippen molar-refractivity contribution in [2.24, 2.45) is 4.99 Å². The van der Waals surface area contributed by atoms with Crippen LogP contribution in [0.3, 0.4) is 0 Å². The van der Waals surface area contributed by atoms with Gasteiger partial charge in [-0.15, -0.1) is 0 Å². The van der Waals surface area contributed by atoms with Crippen LogP contribution in [0.5, 0.6) is 0 Å². The minimum Gasteiger partial charge on any atom is -0.506 e. The summed E-state index contributed by atoms with van der Waals surface area (Å²) in [5.41, 5.74) is 4.49. The number of nitrogens with one attached hydrogen (secondary N) is 3. The Bertz CT molecular complexity index is 2000. The molecule has 0 amide bonds. The maximum atomic E-state index is 13.9. The first-order valence-corrected chi connectivity index (χ1v) is 15.6. The van der Waals surface area contributed by atoms with E-state index in [0.29, 0.717) is 11.1 Å². The van der Waals surface area contributed by atoms with Gasteiger partial charge in [0.15, 0.2) is 0 Å². The van der Waals surface area contributed by atoms with Gasteiger partial charge in [-0.25, -0.2) is 0 Å². The van der Waals surface area contributed by atoms with Gasteiger partial charge in [-0.1, -0.05) is 49.2 Å². The third kappa shape index (κ3) is 3.32. The van der Waals surface area contributed by atoms with Crippen LogP contribution in [-0.2, 0) is 4.79 Å². The average molecular weight is 555 g/mol. The van der Waals surface area contributed by atoms with Crippen LogP contribution in [0, 0.1) is 0 Å². The van der Waals surface area contributed by atoms with Crippen LogP contribution in [0.2, 0.25) is 0 Å². The van der Waals surface area contributed by atoms with E-state index in [-0.39, 0.29) is 22.9 Å². The topological polar surface area (TPSA) is 85.8 Å². The van der Waals surface area contributed by atoms with Crippen LogP contribution in [0.1, 0.15) is 69.8 Å². The smallest absolute Gasteiger partial charge is 0.201 e. The molecule has 4 aromatic rings. The van der Waals surface area contributed by atoms with E-state index in [9.17, 15) is 9.90 Å². The Morgan fingerprint density at radius 1 is 0.643 bits per heavy atom. The van der Waals surface area contributed by atoms with Crippen LogP contribution in [-0.4, -0.2) is 22.2 Å². The predicted molar refractivity (Wildman–Crippen MR) is 169 cm³/mol. The van der Waals surface area contributed by atoms with Crippen molar-refractivity contribution in [1.29, 1.82) is 0 Å². The quantitative estimate of drug-likeness (QED) is 0.206. The number of anilines is 3. The fraction of sp³-hybridized carbons (Fsp3) is 0.333. The molecule has 2 saturated carbocycles. The summed E-state index contributed by atoms with van der Waals surface area (Å²) in [6, 6.07) is 20.5. The first-order valence-electron chi connectivity index (χ1n) is 15.6. The first kappa shape index (κ1) is 24.3. The van der Waals surface area contributed by atoms with E-state index in [4.69, 9.17) is 4.99 Å². The summed E-state index contributed by atoms with van der Waals surface area (Å²) in [6.07, 6.45) is 11.6. The largest absolute Gasteiger partial charge is 0.506 e. The Balaban J connectivity index is 1.19. The Kier molecular flexibility index (Phi) is 4.98. The molecule has 6 nitrogen and oxygen atoms in total. The van der Waals surface area contributed by atoms with E-state index >= 15 is 0 Å². The second-order valence-corrected chi connectivity index (χ2v) is 12.9. The van der Waals surface area contributed by atoms with Crippen molar-refractivity contribution in [3.8, 4) is 0 Å². The van der Waals surface area contributed by atoms with Crippen LogP contribution in [0.15, 0.2) is 71.4 Å². The molecular weight excluding hydrogens is 520 g/mol. The van der Waals surface area contributed by atoms with Crippen molar-refractivity contribution in [2.75, 3.05) is 16.0 Å². The van der Waals surface area contributed by atoms with E-state index in [0.717, 1.165) is 80.4 Å². The Morgan fingerprint density at radius 2 is 1.31 bits per heavy atom. The Labute approximate surface area is 244 Å². The van der Waals surface area contributed by atoms with Gasteiger partial charge in [-0.05, 0) is 97.2 Å². The number of Topliss-reactive ketones (excluding diaryl/α,β-unsaturated/α-hetero) is 1. The highest BCUT2D eigenvalue weighted by Gasteiger charge is 2.40. The molecule has 2 fully saturated rings. The molecule has 6 heteroatoms. The lowest BCUT2D eigenvalue weighted by atomic mass is 9.79. The molecule has 2 aliphatic heterocycles. The SMILES string of the molecule is O=C1C(c2ccc3c4c(cccc24)NC2(CCCCC2)N3)=C(O)C1=c1ccc2c3c(cccc13)NC1(CCCCC1)N=2. The molecule has 2 spiro atoms. The molecule has 9 rings (SSSR count). The summed E-state index contributed by atoms with van der Waals surface area (Å²) in [7, 11) is 0. The maximum absolute atomic E-state index is 13.9. The Hall–Kier alpha value is -4.32. The highest BCUT2D eigenvalue weighted by Crippen LogP contribution is 2.47. The standard InChI is InChI=1S/C36H34N4O2/c41-33-31(23-13-15-27-29-21(23)9-7-11-25(29)37-35(39-27)17-3-1-4-18-35)34(42)32(33)24-14-16-28-30-22(24)10-8-12-26(30)38-36(40-28)19-5-2-6-20-36/h7-16,37-39,41H,1-6,17-20H2. The number of benzene rings is 4. The van der Waals surface area contributed by atoms with Gasteiger partial charge in [0.25, 0.3) is 0 Å². The second kappa shape index (κ2) is 8.60. The molecule has 0 atom stereocenters. The molecule has 3 aliphatic carbocycles. The minimum atomic E-state index is -0.231. The number of aliphatic hydroxyl groups is 1. The molecular formula is C36H34N4O2. The van der Waals surface area contributed by atoms with Crippen molar-refractivity contribution in [3.63, 3.8) is 0 Å². The summed E-state index contributed by atoms with van der Waals surface area (Å²) in [6.45, 7) is 0. The van der Waals surface area contributed by atoms with E-state index in [1.54, 1.807) is 0 Å². The fourth-order valence-electron chi connectivity index (χ4n) is 8.37. The fourth-order valence-corrected chi connectivity index (χ4v) is 8.37. The van der Waals surface area contributed by atoms with Gasteiger partial charge in [0, 0.05) is 27.8 Å². The van der Waals surface area contributed by atoms with Gasteiger partial charge >= 0.3 is 0 Å². The number of hydrogen-bond acceptors (Lipinski definition) is 6. The van der Waals surface area contributed by atoms with Crippen LogP contribution < -0.4 is 26.5 Å². The summed E-state index contributed by atoms with van der Waals surface area (Å²) in [4.78, 5) is 19.1. The summed E-state index contributed by atoms with van der Waals surface area (Å²) in [5.74, 6) is -0.0369. The third-order valence-corrected chi connectivity index (χ3v) is 10.4. The number of hydrogen-bond donors (Lipinski definition) is 4. The number of carbonyl (C=O) groups excluding carboxylic acids is 1. The monoisotopic (exact) mass is 554 g/mol. The number of rotatable bonds is 1. The number of nitrogens with zero attached hydrogens (tertiary/aromatic N) is 1. The molecule has 5 aliphatic rings. The van der Waals surface area contributed by atoms with Crippen molar-refractivity contribution in [3.05, 3.63) is 82.6 Å². The van der Waals surface area contributed by atoms with Crippen molar-refractivity contribution in [1.82, 2.24) is 0 Å². The van der Waals surface area contributed by atoms with Gasteiger partial charge in [0.2, 0.25) is 5.78 Å². The van der Waals surface area contributed by atoms with Gasteiger partial charge < -0.3 is 21.1 Å². The average Bonchev–Trinajstić information content (AvgIpc) is 3.00. The van der Waals surface area contributed by atoms with Crippen LogP contribution >= 0.6 is 0 Å². The zero-order chi connectivity index (χ0) is 28.1. The highest BCUT2D eigenvalue weighted by atomic mass is 16.3. The number of carbonyl (C=O) groups is 1. The van der Waals surface area contributed by atoms with Gasteiger partial charge in [-0.3, -0.25) is 9.79 Å². The highest BCUT2D eigenvalue weighted by molar-refractivity contribution is 6.53. The molecule has 2 heterocycles. The lowest BCUT2D eigenvalue weighted by Gasteiger charge is -2.44. The molecule has 4 N–H and O–H groups in total. The zero-order valence-corrected chi connectivity index (χ0v) is 23.6.